The fraction of sp³-hybridized carbons (Fsp3) is 0.588. The van der Waals surface area contributed by atoms with Gasteiger partial charge < -0.3 is 14.6 Å². The summed E-state index contributed by atoms with van der Waals surface area (Å²) in [5, 5.41) is 3.02. The minimum absolute atomic E-state index is 0.0442. The van der Waals surface area contributed by atoms with Gasteiger partial charge in [0.2, 0.25) is 0 Å². The molecule has 118 valence electrons. The van der Waals surface area contributed by atoms with Gasteiger partial charge in [0.1, 0.15) is 0 Å². The van der Waals surface area contributed by atoms with Crippen LogP contribution in [0, 0.1) is 5.92 Å². The molecular weight excluding hydrogens is 277 g/mol. The lowest BCUT2D eigenvalue weighted by molar-refractivity contribution is 0.00578. The molecule has 0 aromatic heterocycles. The Labute approximate surface area is 132 Å². The van der Waals surface area contributed by atoms with Gasteiger partial charge in [-0.1, -0.05) is 18.2 Å². The predicted molar refractivity (Wildman–Crippen MR) is 87.2 cm³/mol. The summed E-state index contributed by atoms with van der Waals surface area (Å²) in [5.41, 5.74) is 0.626. The van der Waals surface area contributed by atoms with Gasteiger partial charge in [-0.3, -0.25) is 4.79 Å². The molecule has 0 spiro atoms. The first-order chi connectivity index (χ1) is 10.3. The molecule has 2 fully saturated rings. The third-order valence-electron chi connectivity index (χ3n) is 4.96. The van der Waals surface area contributed by atoms with Crippen molar-refractivity contribution in [3.63, 3.8) is 0 Å². The van der Waals surface area contributed by atoms with Crippen LogP contribution in [0.25, 0.3) is 0 Å². The molecule has 1 aliphatic carbocycles. The molecule has 1 aliphatic heterocycles. The molecule has 4 nitrogen and oxygen atoms in total. The summed E-state index contributed by atoms with van der Waals surface area (Å²) in [6.45, 7) is 8.83. The molecule has 2 aliphatic rings. The van der Waals surface area contributed by atoms with Crippen molar-refractivity contribution < 1.29 is 14.1 Å². The molecule has 1 N–H and O–H groups in total. The second-order valence-electron chi connectivity index (χ2n) is 7.33. The Bertz CT molecular complexity index is 565. The Balaban J connectivity index is 1.81. The Morgan fingerprint density at radius 1 is 1.18 bits per heavy atom. The van der Waals surface area contributed by atoms with Gasteiger partial charge in [-0.15, -0.1) is 0 Å². The average Bonchev–Trinajstić information content (AvgIpc) is 3.24. The summed E-state index contributed by atoms with van der Waals surface area (Å²) in [6.07, 6.45) is 2.44. The molecule has 0 radical (unpaired) electrons. The Hall–Kier alpha value is -1.33. The van der Waals surface area contributed by atoms with Crippen molar-refractivity contribution >= 4 is 18.5 Å². The quantitative estimate of drug-likeness (QED) is 0.867. The van der Waals surface area contributed by atoms with E-state index in [0.29, 0.717) is 11.5 Å². The van der Waals surface area contributed by atoms with E-state index in [9.17, 15) is 4.79 Å². The standard InChI is InChI=1S/C17H24BNO3/c1-16(2)17(3,4)22-18(21-16)14-8-6-5-7-13(14)15(20)19-11-12-9-10-12/h5-8,12H,9-11H2,1-4H3,(H,19,20). The van der Waals surface area contributed by atoms with Crippen LogP contribution in [0.1, 0.15) is 50.9 Å². The van der Waals surface area contributed by atoms with Crippen LogP contribution in [-0.2, 0) is 9.31 Å². The fourth-order valence-electron chi connectivity index (χ4n) is 2.53. The highest BCUT2D eigenvalue weighted by Crippen LogP contribution is 2.36. The van der Waals surface area contributed by atoms with Crippen molar-refractivity contribution in [2.45, 2.75) is 51.7 Å². The first kappa shape index (κ1) is 15.6. The van der Waals surface area contributed by atoms with E-state index in [1.54, 1.807) is 0 Å². The predicted octanol–water partition coefficient (Wildman–Crippen LogP) is 2.13. The number of carbonyl (C=O) groups is 1. The van der Waals surface area contributed by atoms with Crippen LogP contribution in [0.4, 0.5) is 0 Å². The number of hydrogen-bond acceptors (Lipinski definition) is 3. The average molecular weight is 301 g/mol. The minimum Gasteiger partial charge on any atom is -0.399 e. The van der Waals surface area contributed by atoms with Crippen molar-refractivity contribution in [2.75, 3.05) is 6.54 Å². The van der Waals surface area contributed by atoms with Gasteiger partial charge in [0.05, 0.1) is 11.2 Å². The Morgan fingerprint density at radius 2 is 1.77 bits per heavy atom. The molecule has 1 heterocycles. The van der Waals surface area contributed by atoms with E-state index in [1.807, 2.05) is 52.0 Å². The normalized spacial score (nSPS) is 22.6. The topological polar surface area (TPSA) is 47.6 Å². The summed E-state index contributed by atoms with van der Waals surface area (Å²) in [7, 11) is -0.507. The van der Waals surface area contributed by atoms with Gasteiger partial charge >= 0.3 is 7.12 Å². The van der Waals surface area contributed by atoms with Gasteiger partial charge in [0.25, 0.3) is 5.91 Å². The second-order valence-corrected chi connectivity index (χ2v) is 7.33. The van der Waals surface area contributed by atoms with E-state index in [4.69, 9.17) is 9.31 Å². The zero-order chi connectivity index (χ0) is 16.0. The van der Waals surface area contributed by atoms with Gasteiger partial charge in [-0.05, 0) is 58.0 Å². The van der Waals surface area contributed by atoms with Crippen molar-refractivity contribution in [3.8, 4) is 0 Å². The molecule has 22 heavy (non-hydrogen) atoms. The number of carbonyl (C=O) groups excluding carboxylic acids is 1. The highest BCUT2D eigenvalue weighted by molar-refractivity contribution is 6.63. The van der Waals surface area contributed by atoms with E-state index in [2.05, 4.69) is 5.32 Å². The summed E-state index contributed by atoms with van der Waals surface area (Å²) < 4.78 is 12.2. The van der Waals surface area contributed by atoms with Crippen LogP contribution in [0.5, 0.6) is 0 Å². The lowest BCUT2D eigenvalue weighted by atomic mass is 9.75. The largest absolute Gasteiger partial charge is 0.495 e. The van der Waals surface area contributed by atoms with Gasteiger partial charge in [-0.2, -0.15) is 0 Å². The van der Waals surface area contributed by atoms with Crippen molar-refractivity contribution in [2.24, 2.45) is 5.92 Å². The monoisotopic (exact) mass is 301 g/mol. The van der Waals surface area contributed by atoms with Crippen molar-refractivity contribution in [3.05, 3.63) is 29.8 Å². The molecule has 1 saturated carbocycles. The highest BCUT2D eigenvalue weighted by atomic mass is 16.7. The first-order valence-electron chi connectivity index (χ1n) is 8.03. The smallest absolute Gasteiger partial charge is 0.399 e. The Kier molecular flexibility index (Phi) is 3.81. The first-order valence-corrected chi connectivity index (χ1v) is 8.03. The molecule has 1 saturated heterocycles. The molecule has 5 heteroatoms. The van der Waals surface area contributed by atoms with Crippen LogP contribution >= 0.6 is 0 Å². The molecule has 1 amide bonds. The summed E-state index contributed by atoms with van der Waals surface area (Å²) >= 11 is 0. The third-order valence-corrected chi connectivity index (χ3v) is 4.96. The molecule has 0 atom stereocenters. The summed E-state index contributed by atoms with van der Waals surface area (Å²) in [5.74, 6) is 0.616. The lowest BCUT2D eigenvalue weighted by Gasteiger charge is -2.32. The highest BCUT2D eigenvalue weighted by Gasteiger charge is 2.52. The summed E-state index contributed by atoms with van der Waals surface area (Å²) in [6, 6.07) is 7.54. The number of amides is 1. The maximum absolute atomic E-state index is 12.5. The second kappa shape index (κ2) is 5.39. The van der Waals surface area contributed by atoms with Gasteiger partial charge in [-0.25, -0.2) is 0 Å². The minimum atomic E-state index is -0.507. The van der Waals surface area contributed by atoms with Gasteiger partial charge in [0.15, 0.2) is 0 Å². The van der Waals surface area contributed by atoms with E-state index < -0.39 is 18.3 Å². The molecule has 3 rings (SSSR count). The number of rotatable bonds is 4. The van der Waals surface area contributed by atoms with E-state index in [-0.39, 0.29) is 5.91 Å². The number of benzene rings is 1. The van der Waals surface area contributed by atoms with Crippen LogP contribution in [0.15, 0.2) is 24.3 Å². The SMILES string of the molecule is CC1(C)OB(c2ccccc2C(=O)NCC2CC2)OC1(C)C. The van der Waals surface area contributed by atoms with E-state index in [0.717, 1.165) is 12.0 Å². The third kappa shape index (κ3) is 2.92. The zero-order valence-electron chi connectivity index (χ0n) is 13.8. The van der Waals surface area contributed by atoms with Crippen LogP contribution in [-0.4, -0.2) is 30.8 Å². The van der Waals surface area contributed by atoms with E-state index in [1.165, 1.54) is 12.8 Å². The molecule has 0 unspecified atom stereocenters. The number of nitrogens with one attached hydrogen (secondary N) is 1. The maximum Gasteiger partial charge on any atom is 0.495 e. The van der Waals surface area contributed by atoms with Crippen molar-refractivity contribution in [1.82, 2.24) is 5.32 Å². The molecular formula is C17H24BNO3. The summed E-state index contributed by atoms with van der Waals surface area (Å²) in [4.78, 5) is 12.5. The Morgan fingerprint density at radius 3 is 2.36 bits per heavy atom. The zero-order valence-corrected chi connectivity index (χ0v) is 13.8. The fourth-order valence-corrected chi connectivity index (χ4v) is 2.53. The number of hydrogen-bond donors (Lipinski definition) is 1. The molecule has 1 aromatic rings. The van der Waals surface area contributed by atoms with Crippen molar-refractivity contribution in [1.29, 1.82) is 0 Å². The van der Waals surface area contributed by atoms with Crippen LogP contribution in [0.2, 0.25) is 0 Å². The maximum atomic E-state index is 12.5. The van der Waals surface area contributed by atoms with Crippen LogP contribution < -0.4 is 10.8 Å². The van der Waals surface area contributed by atoms with Crippen LogP contribution in [0.3, 0.4) is 0 Å². The molecule has 0 bridgehead atoms. The molecule has 1 aromatic carbocycles. The van der Waals surface area contributed by atoms with E-state index >= 15 is 0 Å². The lowest BCUT2D eigenvalue weighted by Crippen LogP contribution is -2.41. The van der Waals surface area contributed by atoms with Gasteiger partial charge in [0, 0.05) is 12.1 Å².